The Kier molecular flexibility index (Phi) is 7.79. The van der Waals surface area contributed by atoms with E-state index in [1.54, 1.807) is 13.3 Å². The van der Waals surface area contributed by atoms with E-state index < -0.39 is 6.17 Å². The van der Waals surface area contributed by atoms with Crippen LogP contribution in [-0.4, -0.2) is 37.3 Å². The number of rotatable bonds is 7. The van der Waals surface area contributed by atoms with Gasteiger partial charge in [-0.3, -0.25) is 9.69 Å². The predicted molar refractivity (Wildman–Crippen MR) is 162 cm³/mol. The van der Waals surface area contributed by atoms with Crippen LogP contribution < -0.4 is 14.5 Å². The SMILES string of the molecule is COc1ccc(-c2ccc(CN(C(=O)CC(C)(C)C)c3nccc4cc(N5CCC(F)C5)ccc34)cc2)cc1C. The summed E-state index contributed by atoms with van der Waals surface area (Å²) in [5, 5.41) is 1.90. The zero-order chi connectivity index (χ0) is 28.4. The zero-order valence-electron chi connectivity index (χ0n) is 24.1. The van der Waals surface area contributed by atoms with E-state index in [1.165, 1.54) is 0 Å². The van der Waals surface area contributed by atoms with Gasteiger partial charge >= 0.3 is 0 Å². The minimum atomic E-state index is -0.783. The Balaban J connectivity index is 1.46. The molecule has 0 spiro atoms. The lowest BCUT2D eigenvalue weighted by Crippen LogP contribution is -2.34. The topological polar surface area (TPSA) is 45.7 Å². The van der Waals surface area contributed by atoms with E-state index in [9.17, 15) is 9.18 Å². The number of halogens is 1. The van der Waals surface area contributed by atoms with Crippen molar-refractivity contribution in [3.8, 4) is 16.9 Å². The molecule has 0 bridgehead atoms. The fraction of sp³-hybridized carbons (Fsp3) is 0.353. The summed E-state index contributed by atoms with van der Waals surface area (Å²) in [6, 6.07) is 22.6. The number of amides is 1. The van der Waals surface area contributed by atoms with Gasteiger partial charge in [-0.05, 0) is 82.8 Å². The number of carbonyl (C=O) groups is 1. The van der Waals surface area contributed by atoms with Crippen LogP contribution in [0.4, 0.5) is 15.9 Å². The molecule has 1 amide bonds. The van der Waals surface area contributed by atoms with Crippen LogP contribution in [0.25, 0.3) is 21.9 Å². The van der Waals surface area contributed by atoms with Gasteiger partial charge in [0.1, 0.15) is 17.7 Å². The van der Waals surface area contributed by atoms with Crippen molar-refractivity contribution in [2.45, 2.75) is 53.3 Å². The predicted octanol–water partition coefficient (Wildman–Crippen LogP) is 7.74. The molecular weight excluding hydrogens is 501 g/mol. The molecule has 3 aromatic carbocycles. The molecule has 1 fully saturated rings. The highest BCUT2D eigenvalue weighted by molar-refractivity contribution is 6.03. The summed E-state index contributed by atoms with van der Waals surface area (Å²) in [5.74, 6) is 1.55. The van der Waals surface area contributed by atoms with Crippen molar-refractivity contribution in [2.24, 2.45) is 5.41 Å². The number of ether oxygens (including phenoxy) is 1. The number of benzene rings is 3. The van der Waals surface area contributed by atoms with Crippen molar-refractivity contribution in [2.75, 3.05) is 30.0 Å². The monoisotopic (exact) mass is 539 g/mol. The fourth-order valence-electron chi connectivity index (χ4n) is 5.39. The molecule has 40 heavy (non-hydrogen) atoms. The van der Waals surface area contributed by atoms with E-state index in [1.807, 2.05) is 36.1 Å². The fourth-order valence-corrected chi connectivity index (χ4v) is 5.39. The molecule has 1 aromatic heterocycles. The number of carbonyl (C=O) groups excluding carboxylic acids is 1. The van der Waals surface area contributed by atoms with E-state index in [4.69, 9.17) is 9.72 Å². The van der Waals surface area contributed by atoms with Gasteiger partial charge < -0.3 is 9.64 Å². The Bertz CT molecular complexity index is 1510. The van der Waals surface area contributed by atoms with Gasteiger partial charge in [-0.2, -0.15) is 0 Å². The summed E-state index contributed by atoms with van der Waals surface area (Å²) in [4.78, 5) is 22.3. The first kappa shape index (κ1) is 27.6. The Labute approximate surface area is 236 Å². The number of aromatic nitrogens is 1. The van der Waals surface area contributed by atoms with E-state index in [2.05, 4.69) is 68.1 Å². The normalized spacial score (nSPS) is 15.4. The van der Waals surface area contributed by atoms with Crippen molar-refractivity contribution in [3.05, 3.63) is 84.1 Å². The highest BCUT2D eigenvalue weighted by Gasteiger charge is 2.26. The number of hydrogen-bond donors (Lipinski definition) is 0. The molecule has 2 heterocycles. The Morgan fingerprint density at radius 3 is 2.45 bits per heavy atom. The van der Waals surface area contributed by atoms with Crippen LogP contribution in [0.15, 0.2) is 72.9 Å². The molecule has 5 nitrogen and oxygen atoms in total. The minimum Gasteiger partial charge on any atom is -0.496 e. The van der Waals surface area contributed by atoms with Crippen LogP contribution >= 0.6 is 0 Å². The third kappa shape index (κ3) is 6.11. The van der Waals surface area contributed by atoms with Crippen molar-refractivity contribution in [1.82, 2.24) is 4.98 Å². The second-order valence-electron chi connectivity index (χ2n) is 12.0. The molecule has 0 N–H and O–H groups in total. The maximum Gasteiger partial charge on any atom is 0.229 e. The summed E-state index contributed by atoms with van der Waals surface area (Å²) in [6.07, 6.45) is 1.94. The smallest absolute Gasteiger partial charge is 0.229 e. The Hall–Kier alpha value is -3.93. The molecule has 0 saturated carbocycles. The number of nitrogens with zero attached hydrogens (tertiary/aromatic N) is 3. The summed E-state index contributed by atoms with van der Waals surface area (Å²) in [7, 11) is 1.68. The summed E-state index contributed by atoms with van der Waals surface area (Å²) >= 11 is 0. The average Bonchev–Trinajstić information content (AvgIpc) is 3.36. The Morgan fingerprint density at radius 2 is 1.80 bits per heavy atom. The second kappa shape index (κ2) is 11.3. The van der Waals surface area contributed by atoms with Gasteiger partial charge in [-0.15, -0.1) is 0 Å². The van der Waals surface area contributed by atoms with Crippen LogP contribution in [0, 0.1) is 12.3 Å². The number of alkyl halides is 1. The van der Waals surface area contributed by atoms with E-state index in [-0.39, 0.29) is 11.3 Å². The first-order valence-electron chi connectivity index (χ1n) is 13.9. The number of pyridine rings is 1. The Morgan fingerprint density at radius 1 is 1.05 bits per heavy atom. The van der Waals surface area contributed by atoms with Gasteiger partial charge in [-0.1, -0.05) is 51.1 Å². The van der Waals surface area contributed by atoms with Crippen LogP contribution in [0.1, 0.15) is 44.7 Å². The lowest BCUT2D eigenvalue weighted by atomic mass is 9.91. The lowest BCUT2D eigenvalue weighted by molar-refractivity contribution is -0.120. The van der Waals surface area contributed by atoms with Crippen LogP contribution in [0.2, 0.25) is 0 Å². The number of hydrogen-bond acceptors (Lipinski definition) is 4. The maximum absolute atomic E-state index is 13.8. The van der Waals surface area contributed by atoms with Crippen molar-refractivity contribution < 1.29 is 13.9 Å². The largest absolute Gasteiger partial charge is 0.496 e. The van der Waals surface area contributed by atoms with Gasteiger partial charge in [0.25, 0.3) is 0 Å². The zero-order valence-corrected chi connectivity index (χ0v) is 24.1. The van der Waals surface area contributed by atoms with Gasteiger partial charge in [0.05, 0.1) is 13.7 Å². The lowest BCUT2D eigenvalue weighted by Gasteiger charge is -2.27. The number of methoxy groups -OCH3 is 1. The molecule has 1 unspecified atom stereocenters. The van der Waals surface area contributed by atoms with E-state index in [0.717, 1.165) is 44.5 Å². The molecule has 1 aliphatic heterocycles. The summed E-state index contributed by atoms with van der Waals surface area (Å²) in [6.45, 7) is 9.82. The molecule has 6 heteroatoms. The second-order valence-corrected chi connectivity index (χ2v) is 12.0. The van der Waals surface area contributed by atoms with Gasteiger partial charge in [0.2, 0.25) is 5.91 Å². The van der Waals surface area contributed by atoms with Crippen molar-refractivity contribution in [3.63, 3.8) is 0 Å². The van der Waals surface area contributed by atoms with Crippen LogP contribution in [-0.2, 0) is 11.3 Å². The van der Waals surface area contributed by atoms with Gasteiger partial charge in [-0.25, -0.2) is 9.37 Å². The molecular formula is C34H38FN3O2. The number of fused-ring (bicyclic) bond motifs is 1. The average molecular weight is 540 g/mol. The van der Waals surface area contributed by atoms with Gasteiger partial charge in [0.15, 0.2) is 0 Å². The van der Waals surface area contributed by atoms with E-state index in [0.29, 0.717) is 38.3 Å². The summed E-state index contributed by atoms with van der Waals surface area (Å²) in [5.41, 5.74) is 5.17. The molecule has 0 aliphatic carbocycles. The number of aryl methyl sites for hydroxylation is 1. The highest BCUT2D eigenvalue weighted by Crippen LogP contribution is 2.33. The minimum absolute atomic E-state index is 0.0336. The van der Waals surface area contributed by atoms with Gasteiger partial charge in [0, 0.05) is 36.8 Å². The maximum atomic E-state index is 13.8. The van der Waals surface area contributed by atoms with Crippen LogP contribution in [0.3, 0.4) is 0 Å². The third-order valence-corrected chi connectivity index (χ3v) is 7.48. The highest BCUT2D eigenvalue weighted by atomic mass is 19.1. The summed E-state index contributed by atoms with van der Waals surface area (Å²) < 4.78 is 19.2. The molecule has 1 saturated heterocycles. The number of anilines is 2. The molecule has 4 aromatic rings. The first-order chi connectivity index (χ1) is 19.1. The molecule has 1 aliphatic rings. The molecule has 0 radical (unpaired) electrons. The quantitative estimate of drug-likeness (QED) is 0.241. The first-order valence-corrected chi connectivity index (χ1v) is 13.9. The third-order valence-electron chi connectivity index (χ3n) is 7.48. The standard InChI is InChI=1S/C34H38FN3O2/c1-23-18-26(10-13-31(23)40-5)25-8-6-24(7-9-25)21-38(32(39)20-34(2,3)4)33-30-12-11-29(19-27(30)14-16-36-33)37-17-15-28(35)22-37/h6-14,16,18-19,28H,15,17,20-22H2,1-5H3. The molecule has 5 rings (SSSR count). The van der Waals surface area contributed by atoms with E-state index >= 15 is 0 Å². The molecule has 208 valence electrons. The van der Waals surface area contributed by atoms with Crippen molar-refractivity contribution >= 4 is 28.2 Å². The molecule has 1 atom stereocenters. The van der Waals surface area contributed by atoms with Crippen molar-refractivity contribution in [1.29, 1.82) is 0 Å². The van der Waals surface area contributed by atoms with Crippen LogP contribution in [0.5, 0.6) is 5.75 Å².